The monoisotopic (exact) mass is 356 g/mol. The molecule has 0 bridgehead atoms. The van der Waals surface area contributed by atoms with Crippen molar-refractivity contribution in [3.63, 3.8) is 0 Å². The largest absolute Gasteiger partial charge is 0.497 e. The summed E-state index contributed by atoms with van der Waals surface area (Å²) in [5.41, 5.74) is 2.24. The highest BCUT2D eigenvalue weighted by molar-refractivity contribution is 5.96. The number of hydrogen-bond donors (Lipinski definition) is 1. The Labute approximate surface area is 151 Å². The van der Waals surface area contributed by atoms with Gasteiger partial charge >= 0.3 is 0 Å². The van der Waals surface area contributed by atoms with Gasteiger partial charge in [0.05, 0.1) is 13.2 Å². The Bertz CT molecular complexity index is 820. The number of rotatable bonds is 5. The molecule has 0 aromatic heterocycles. The number of likely N-dealkylation sites (tertiary alicyclic amines) is 1. The molecule has 5 nitrogen and oxygen atoms in total. The predicted octanol–water partition coefficient (Wildman–Crippen LogP) is 2.67. The van der Waals surface area contributed by atoms with E-state index in [1.807, 2.05) is 6.92 Å². The second-order valence-corrected chi connectivity index (χ2v) is 6.46. The number of nitrogens with one attached hydrogen (secondary N) is 1. The Morgan fingerprint density at radius 1 is 1.27 bits per heavy atom. The molecule has 1 fully saturated rings. The van der Waals surface area contributed by atoms with Gasteiger partial charge in [0.15, 0.2) is 0 Å². The van der Waals surface area contributed by atoms with Crippen LogP contribution in [0, 0.1) is 12.7 Å². The lowest BCUT2D eigenvalue weighted by molar-refractivity contribution is -0.128. The number of carbonyl (C=O) groups is 2. The zero-order chi connectivity index (χ0) is 18.7. The predicted molar refractivity (Wildman–Crippen MR) is 95.4 cm³/mol. The smallest absolute Gasteiger partial charge is 0.251 e. The minimum absolute atomic E-state index is 0.0222. The fraction of sp³-hybridized carbons (Fsp3) is 0.300. The van der Waals surface area contributed by atoms with Crippen LogP contribution in [0.3, 0.4) is 0 Å². The third kappa shape index (κ3) is 4.02. The van der Waals surface area contributed by atoms with E-state index in [0.717, 1.165) is 11.1 Å². The SMILES string of the molecule is COc1ccc(C(=O)N[C@@H]2CC(=O)N(Cc3ccc(F)cc3)C2)c(C)c1. The molecule has 1 atom stereocenters. The minimum Gasteiger partial charge on any atom is -0.497 e. The van der Waals surface area contributed by atoms with E-state index < -0.39 is 0 Å². The molecule has 6 heteroatoms. The van der Waals surface area contributed by atoms with Crippen LogP contribution in [0.5, 0.6) is 5.75 Å². The number of amides is 2. The summed E-state index contributed by atoms with van der Waals surface area (Å²) in [5, 5.41) is 2.93. The molecule has 2 aromatic carbocycles. The highest BCUT2D eigenvalue weighted by Crippen LogP contribution is 2.19. The Morgan fingerprint density at radius 3 is 2.65 bits per heavy atom. The number of ether oxygens (including phenoxy) is 1. The van der Waals surface area contributed by atoms with Crippen molar-refractivity contribution in [1.29, 1.82) is 0 Å². The Balaban J connectivity index is 1.61. The van der Waals surface area contributed by atoms with Crippen LogP contribution in [0.25, 0.3) is 0 Å². The third-order valence-electron chi connectivity index (χ3n) is 4.51. The van der Waals surface area contributed by atoms with Crippen molar-refractivity contribution in [2.75, 3.05) is 13.7 Å². The molecular weight excluding hydrogens is 335 g/mol. The maximum absolute atomic E-state index is 13.0. The number of hydrogen-bond acceptors (Lipinski definition) is 3. The zero-order valence-electron chi connectivity index (χ0n) is 14.8. The molecule has 0 radical (unpaired) electrons. The molecule has 0 spiro atoms. The molecule has 2 amide bonds. The number of aryl methyl sites for hydroxylation is 1. The van der Waals surface area contributed by atoms with Gasteiger partial charge in [-0.15, -0.1) is 0 Å². The van der Waals surface area contributed by atoms with E-state index in [0.29, 0.717) is 24.4 Å². The van der Waals surface area contributed by atoms with Crippen molar-refractivity contribution >= 4 is 11.8 Å². The summed E-state index contributed by atoms with van der Waals surface area (Å²) in [7, 11) is 1.58. The van der Waals surface area contributed by atoms with E-state index in [2.05, 4.69) is 5.32 Å². The van der Waals surface area contributed by atoms with Gasteiger partial charge in [-0.3, -0.25) is 9.59 Å². The quantitative estimate of drug-likeness (QED) is 0.896. The second kappa shape index (κ2) is 7.56. The number of halogens is 1. The van der Waals surface area contributed by atoms with Crippen molar-refractivity contribution in [1.82, 2.24) is 10.2 Å². The highest BCUT2D eigenvalue weighted by Gasteiger charge is 2.31. The standard InChI is InChI=1S/C20H21FN2O3/c1-13-9-17(26-2)7-8-18(13)20(25)22-16-10-19(24)23(12-16)11-14-3-5-15(21)6-4-14/h3-9,16H,10-12H2,1-2H3,(H,22,25)/t16-/m1/s1. The summed E-state index contributed by atoms with van der Waals surface area (Å²) >= 11 is 0. The molecule has 0 unspecified atom stereocenters. The molecule has 0 saturated carbocycles. The number of methoxy groups -OCH3 is 1. The lowest BCUT2D eigenvalue weighted by Crippen LogP contribution is -2.37. The van der Waals surface area contributed by atoms with Crippen molar-refractivity contribution in [3.8, 4) is 5.75 Å². The summed E-state index contributed by atoms with van der Waals surface area (Å²) < 4.78 is 18.1. The molecule has 0 aliphatic carbocycles. The van der Waals surface area contributed by atoms with Crippen LogP contribution in [0.4, 0.5) is 4.39 Å². The van der Waals surface area contributed by atoms with Gasteiger partial charge < -0.3 is 15.0 Å². The molecule has 1 N–H and O–H groups in total. The summed E-state index contributed by atoms with van der Waals surface area (Å²) in [6.07, 6.45) is 0.266. The zero-order valence-corrected chi connectivity index (χ0v) is 14.8. The first-order valence-corrected chi connectivity index (χ1v) is 8.44. The third-order valence-corrected chi connectivity index (χ3v) is 4.51. The van der Waals surface area contributed by atoms with Crippen LogP contribution in [0.1, 0.15) is 27.9 Å². The molecule has 1 aliphatic heterocycles. The van der Waals surface area contributed by atoms with Gasteiger partial charge in [0.25, 0.3) is 5.91 Å². The van der Waals surface area contributed by atoms with Gasteiger partial charge in [-0.25, -0.2) is 4.39 Å². The number of nitrogens with zero attached hydrogens (tertiary/aromatic N) is 1. The van der Waals surface area contributed by atoms with Gasteiger partial charge in [-0.1, -0.05) is 12.1 Å². The van der Waals surface area contributed by atoms with E-state index >= 15 is 0 Å². The summed E-state index contributed by atoms with van der Waals surface area (Å²) in [6, 6.07) is 11.1. The molecular formula is C20H21FN2O3. The lowest BCUT2D eigenvalue weighted by atomic mass is 10.1. The topological polar surface area (TPSA) is 58.6 Å². The molecule has 1 aliphatic rings. The maximum Gasteiger partial charge on any atom is 0.251 e. The molecule has 136 valence electrons. The van der Waals surface area contributed by atoms with Crippen LogP contribution < -0.4 is 10.1 Å². The molecule has 3 rings (SSSR count). The lowest BCUT2D eigenvalue weighted by Gasteiger charge is -2.17. The van der Waals surface area contributed by atoms with Crippen LogP contribution in [0.15, 0.2) is 42.5 Å². The first kappa shape index (κ1) is 17.9. The maximum atomic E-state index is 13.0. The van der Waals surface area contributed by atoms with Gasteiger partial charge in [-0.2, -0.15) is 0 Å². The summed E-state index contributed by atoms with van der Waals surface area (Å²) in [4.78, 5) is 26.4. The highest BCUT2D eigenvalue weighted by atomic mass is 19.1. The fourth-order valence-electron chi connectivity index (χ4n) is 3.11. The fourth-order valence-corrected chi connectivity index (χ4v) is 3.11. The van der Waals surface area contributed by atoms with E-state index in [9.17, 15) is 14.0 Å². The van der Waals surface area contributed by atoms with E-state index in [4.69, 9.17) is 4.74 Å². The Morgan fingerprint density at radius 2 is 2.00 bits per heavy atom. The first-order chi connectivity index (χ1) is 12.5. The van der Waals surface area contributed by atoms with Crippen molar-refractivity contribution in [2.45, 2.75) is 25.9 Å². The molecule has 2 aromatic rings. The van der Waals surface area contributed by atoms with E-state index in [-0.39, 0.29) is 30.1 Å². The average molecular weight is 356 g/mol. The molecule has 1 heterocycles. The normalized spacial score (nSPS) is 16.7. The molecule has 1 saturated heterocycles. The Kier molecular flexibility index (Phi) is 5.21. The van der Waals surface area contributed by atoms with Gasteiger partial charge in [-0.05, 0) is 48.4 Å². The van der Waals surface area contributed by atoms with Crippen LogP contribution in [0.2, 0.25) is 0 Å². The van der Waals surface area contributed by atoms with Crippen LogP contribution in [-0.4, -0.2) is 36.4 Å². The van der Waals surface area contributed by atoms with Gasteiger partial charge in [0.2, 0.25) is 5.91 Å². The van der Waals surface area contributed by atoms with E-state index in [1.165, 1.54) is 12.1 Å². The number of benzene rings is 2. The van der Waals surface area contributed by atoms with Crippen molar-refractivity contribution in [3.05, 3.63) is 65.0 Å². The number of carbonyl (C=O) groups excluding carboxylic acids is 2. The van der Waals surface area contributed by atoms with Crippen molar-refractivity contribution < 1.29 is 18.7 Å². The van der Waals surface area contributed by atoms with Gasteiger partial charge in [0.1, 0.15) is 11.6 Å². The first-order valence-electron chi connectivity index (χ1n) is 8.44. The Hall–Kier alpha value is -2.89. The molecule has 26 heavy (non-hydrogen) atoms. The van der Waals surface area contributed by atoms with Gasteiger partial charge in [0, 0.05) is 25.1 Å². The summed E-state index contributed by atoms with van der Waals surface area (Å²) in [6.45, 7) is 2.70. The van der Waals surface area contributed by atoms with Crippen molar-refractivity contribution in [2.24, 2.45) is 0 Å². The van der Waals surface area contributed by atoms with E-state index in [1.54, 1.807) is 42.3 Å². The average Bonchev–Trinajstić information content (AvgIpc) is 2.95. The van der Waals surface area contributed by atoms with Crippen LogP contribution >= 0.6 is 0 Å². The second-order valence-electron chi connectivity index (χ2n) is 6.46. The van der Waals surface area contributed by atoms with Crippen LogP contribution in [-0.2, 0) is 11.3 Å². The minimum atomic E-state index is -0.304. The summed E-state index contributed by atoms with van der Waals surface area (Å²) in [5.74, 6) is 0.166.